The summed E-state index contributed by atoms with van der Waals surface area (Å²) in [5.41, 5.74) is 5.27. The molecule has 148 valence electrons. The molecule has 4 nitrogen and oxygen atoms in total. The maximum Gasteiger partial charge on any atom is 0.166 e. The van der Waals surface area contributed by atoms with Gasteiger partial charge in [-0.1, -0.05) is 42.5 Å². The zero-order valence-electron chi connectivity index (χ0n) is 16.4. The van der Waals surface area contributed by atoms with Crippen molar-refractivity contribution in [1.82, 2.24) is 4.57 Å². The highest BCUT2D eigenvalue weighted by molar-refractivity contribution is 5.89. The smallest absolute Gasteiger partial charge is 0.166 e. The number of hydrogen-bond acceptors (Lipinski definition) is 3. The van der Waals surface area contributed by atoms with Gasteiger partial charge < -0.3 is 9.30 Å². The van der Waals surface area contributed by atoms with E-state index in [9.17, 15) is 9.59 Å². The summed E-state index contributed by atoms with van der Waals surface area (Å²) < 4.78 is 7.54. The molecule has 0 radical (unpaired) electrons. The van der Waals surface area contributed by atoms with Crippen molar-refractivity contribution < 1.29 is 14.3 Å². The first-order chi connectivity index (χ1) is 14.3. The number of rotatable bonds is 4. The van der Waals surface area contributed by atoms with Gasteiger partial charge in [-0.05, 0) is 53.7 Å². The van der Waals surface area contributed by atoms with Gasteiger partial charge in [0.05, 0.1) is 5.69 Å². The van der Waals surface area contributed by atoms with E-state index in [2.05, 4.69) is 22.8 Å². The van der Waals surface area contributed by atoms with Crippen LogP contribution in [0.15, 0.2) is 60.2 Å². The van der Waals surface area contributed by atoms with Gasteiger partial charge in [0, 0.05) is 37.1 Å². The molecule has 1 aromatic heterocycles. The van der Waals surface area contributed by atoms with Crippen molar-refractivity contribution in [3.05, 3.63) is 77.0 Å². The largest absolute Gasteiger partial charge is 0.381 e. The zero-order chi connectivity index (χ0) is 20.1. The molecule has 1 aliphatic heterocycles. The van der Waals surface area contributed by atoms with E-state index in [0.29, 0.717) is 5.92 Å². The summed E-state index contributed by atoms with van der Waals surface area (Å²) in [7, 11) is 0. The number of aromatic nitrogens is 1. The molecule has 0 unspecified atom stereocenters. The van der Waals surface area contributed by atoms with Crippen LogP contribution in [0, 0.1) is 5.92 Å². The fraction of sp³-hybridized carbons (Fsp3) is 0.280. The first-order valence-corrected chi connectivity index (χ1v) is 10.1. The quantitative estimate of drug-likeness (QED) is 0.610. The van der Waals surface area contributed by atoms with E-state index in [1.54, 1.807) is 0 Å². The highest BCUT2D eigenvalue weighted by Gasteiger charge is 2.17. The van der Waals surface area contributed by atoms with Crippen LogP contribution in [0.2, 0.25) is 0 Å². The number of carbonyl (C=O) groups excluding carboxylic acids is 2. The van der Waals surface area contributed by atoms with Crippen LogP contribution in [0.3, 0.4) is 0 Å². The molecule has 0 N–H and O–H groups in total. The Balaban J connectivity index is 0.000000159. The second kappa shape index (κ2) is 9.01. The molecule has 29 heavy (non-hydrogen) atoms. The topological polar surface area (TPSA) is 48.3 Å². The lowest BCUT2D eigenvalue weighted by molar-refractivity contribution is -0.104. The Morgan fingerprint density at radius 1 is 0.966 bits per heavy atom. The molecule has 0 spiro atoms. The Morgan fingerprint density at radius 3 is 2.48 bits per heavy atom. The highest BCUT2D eigenvalue weighted by Crippen LogP contribution is 2.24. The van der Waals surface area contributed by atoms with Crippen molar-refractivity contribution in [2.24, 2.45) is 5.92 Å². The van der Waals surface area contributed by atoms with Crippen molar-refractivity contribution in [1.29, 1.82) is 0 Å². The SMILES string of the molecule is O=CC1=Cc2ccccc2C1.O=Cc1cc2ccccc2n1CC1CCOCC1. The van der Waals surface area contributed by atoms with Gasteiger partial charge >= 0.3 is 0 Å². The number of para-hydroxylation sites is 1. The van der Waals surface area contributed by atoms with Gasteiger partial charge in [0.15, 0.2) is 6.29 Å². The lowest BCUT2D eigenvalue weighted by Crippen LogP contribution is -2.21. The molecule has 2 aromatic carbocycles. The van der Waals surface area contributed by atoms with Crippen molar-refractivity contribution in [2.75, 3.05) is 13.2 Å². The lowest BCUT2D eigenvalue weighted by Gasteiger charge is -2.23. The lowest BCUT2D eigenvalue weighted by atomic mass is 10.0. The number of aldehydes is 2. The maximum atomic E-state index is 11.2. The average molecular weight is 387 g/mol. The second-order valence-corrected chi connectivity index (χ2v) is 7.62. The zero-order valence-corrected chi connectivity index (χ0v) is 16.4. The Hall–Kier alpha value is -2.98. The van der Waals surface area contributed by atoms with Crippen LogP contribution in [0.5, 0.6) is 0 Å². The standard InChI is InChI=1S/C15H17NO2.C10H8O/c17-11-14-9-13-3-1-2-4-15(13)16(14)10-12-5-7-18-8-6-12;11-7-8-5-9-3-1-2-4-10(9)6-8/h1-4,9,11-12H,5-8,10H2;1-5,7H,6H2. The minimum absolute atomic E-state index is 0.619. The second-order valence-electron chi connectivity index (χ2n) is 7.62. The van der Waals surface area contributed by atoms with Gasteiger partial charge in [-0.25, -0.2) is 0 Å². The predicted octanol–water partition coefficient (Wildman–Crippen LogP) is 4.71. The number of allylic oxidation sites excluding steroid dienone is 1. The van der Waals surface area contributed by atoms with Crippen LogP contribution < -0.4 is 0 Å². The Kier molecular flexibility index (Phi) is 6.01. The maximum absolute atomic E-state index is 11.2. The van der Waals surface area contributed by atoms with Crippen molar-refractivity contribution in [3.8, 4) is 0 Å². The van der Waals surface area contributed by atoms with Crippen molar-refractivity contribution in [3.63, 3.8) is 0 Å². The van der Waals surface area contributed by atoms with Gasteiger partial charge in [-0.3, -0.25) is 9.59 Å². The number of ether oxygens (including phenoxy) is 1. The molecule has 2 heterocycles. The molecule has 1 fully saturated rings. The number of nitrogens with zero attached hydrogens (tertiary/aromatic N) is 1. The van der Waals surface area contributed by atoms with Gasteiger partial charge in [0.25, 0.3) is 0 Å². The molecule has 0 saturated carbocycles. The summed E-state index contributed by atoms with van der Waals surface area (Å²) in [5.74, 6) is 0.619. The van der Waals surface area contributed by atoms with Crippen LogP contribution in [0.4, 0.5) is 0 Å². The number of fused-ring (bicyclic) bond motifs is 2. The minimum Gasteiger partial charge on any atom is -0.381 e. The Morgan fingerprint density at radius 2 is 1.72 bits per heavy atom. The van der Waals surface area contributed by atoms with Crippen molar-refractivity contribution in [2.45, 2.75) is 25.8 Å². The van der Waals surface area contributed by atoms with Crippen LogP contribution in [-0.4, -0.2) is 30.4 Å². The molecule has 3 aromatic rings. The summed E-state index contributed by atoms with van der Waals surface area (Å²) in [6, 6.07) is 18.2. The molecule has 4 heteroatoms. The molecule has 0 amide bonds. The molecular weight excluding hydrogens is 362 g/mol. The number of carbonyl (C=O) groups is 2. The molecule has 0 bridgehead atoms. The van der Waals surface area contributed by atoms with Crippen LogP contribution in [0.1, 0.15) is 34.5 Å². The fourth-order valence-electron chi connectivity index (χ4n) is 4.10. The third kappa shape index (κ3) is 4.38. The van der Waals surface area contributed by atoms with E-state index >= 15 is 0 Å². The van der Waals surface area contributed by atoms with E-state index in [-0.39, 0.29) is 0 Å². The first kappa shape index (κ1) is 19.3. The van der Waals surface area contributed by atoms with E-state index in [4.69, 9.17) is 4.74 Å². The molecule has 0 atom stereocenters. The third-order valence-electron chi connectivity index (χ3n) is 5.69. The fourth-order valence-corrected chi connectivity index (χ4v) is 4.10. The summed E-state index contributed by atoms with van der Waals surface area (Å²) in [4.78, 5) is 21.6. The molecule has 5 rings (SSSR count). The van der Waals surface area contributed by atoms with Crippen LogP contribution in [0.25, 0.3) is 17.0 Å². The number of hydrogen-bond donors (Lipinski definition) is 0. The Bertz CT molecular complexity index is 1040. The normalized spacial score (nSPS) is 15.9. The van der Waals surface area contributed by atoms with Crippen LogP contribution >= 0.6 is 0 Å². The molecular formula is C25H25NO3. The Labute approximate surface area is 170 Å². The first-order valence-electron chi connectivity index (χ1n) is 10.1. The number of benzene rings is 2. The molecule has 1 saturated heterocycles. The highest BCUT2D eigenvalue weighted by atomic mass is 16.5. The summed E-state index contributed by atoms with van der Waals surface area (Å²) in [5, 5.41) is 1.15. The van der Waals surface area contributed by atoms with Gasteiger partial charge in [-0.15, -0.1) is 0 Å². The van der Waals surface area contributed by atoms with Crippen LogP contribution in [-0.2, 0) is 22.5 Å². The van der Waals surface area contributed by atoms with Gasteiger partial charge in [0.1, 0.15) is 6.29 Å². The molecule has 2 aliphatic rings. The summed E-state index contributed by atoms with van der Waals surface area (Å²) in [6.45, 7) is 2.62. The average Bonchev–Trinajstić information content (AvgIpc) is 3.36. The predicted molar refractivity (Wildman–Crippen MR) is 115 cm³/mol. The van der Waals surface area contributed by atoms with E-state index in [1.165, 1.54) is 11.1 Å². The molecule has 1 aliphatic carbocycles. The van der Waals surface area contributed by atoms with E-state index in [0.717, 1.165) is 73.8 Å². The van der Waals surface area contributed by atoms with Crippen molar-refractivity contribution >= 4 is 29.6 Å². The van der Waals surface area contributed by atoms with Gasteiger partial charge in [0.2, 0.25) is 0 Å². The minimum atomic E-state index is 0.619. The van der Waals surface area contributed by atoms with Gasteiger partial charge in [-0.2, -0.15) is 0 Å². The van der Waals surface area contributed by atoms with E-state index in [1.807, 2.05) is 42.5 Å². The van der Waals surface area contributed by atoms with E-state index < -0.39 is 0 Å². The monoisotopic (exact) mass is 387 g/mol. The summed E-state index contributed by atoms with van der Waals surface area (Å²) in [6.07, 6.45) is 6.82. The third-order valence-corrected chi connectivity index (χ3v) is 5.69. The summed E-state index contributed by atoms with van der Waals surface area (Å²) >= 11 is 0.